The maximum atomic E-state index is 12.4. The lowest BCUT2D eigenvalue weighted by molar-refractivity contribution is -0.129. The molecule has 2 amide bonds. The smallest absolute Gasteiger partial charge is 0.229 e. The van der Waals surface area contributed by atoms with E-state index in [1.807, 2.05) is 36.9 Å². The second kappa shape index (κ2) is 11.1. The lowest BCUT2D eigenvalue weighted by atomic mass is 10.2. The zero-order chi connectivity index (χ0) is 23.8. The quantitative estimate of drug-likeness (QED) is 0.542. The number of anilines is 2. The summed E-state index contributed by atoms with van der Waals surface area (Å²) in [5, 5.41) is 2.81. The van der Waals surface area contributed by atoms with E-state index in [1.54, 1.807) is 31.6 Å². The van der Waals surface area contributed by atoms with Crippen LogP contribution in [-0.2, 0) is 9.59 Å². The first kappa shape index (κ1) is 23.8. The van der Waals surface area contributed by atoms with E-state index in [-0.39, 0.29) is 18.2 Å². The minimum atomic E-state index is -0.179. The van der Waals surface area contributed by atoms with E-state index in [9.17, 15) is 9.59 Å². The minimum Gasteiger partial charge on any atom is -0.367 e. The Balaban J connectivity index is 1.54. The molecule has 0 aromatic carbocycles. The van der Waals surface area contributed by atoms with Crippen LogP contribution >= 0.6 is 0 Å². The van der Waals surface area contributed by atoms with Crippen LogP contribution in [0.15, 0.2) is 58.4 Å². The molecule has 1 aliphatic heterocycles. The molecule has 0 atom stereocenters. The first-order chi connectivity index (χ1) is 15.9. The van der Waals surface area contributed by atoms with Crippen LogP contribution in [0.3, 0.4) is 0 Å². The van der Waals surface area contributed by atoms with Crippen LogP contribution in [0.2, 0.25) is 0 Å². The number of rotatable bonds is 6. The molecule has 2 aromatic rings. The Morgan fingerprint density at radius 3 is 2.52 bits per heavy atom. The van der Waals surface area contributed by atoms with Crippen LogP contribution < -0.4 is 10.2 Å². The number of hydrogen-bond acceptors (Lipinski definition) is 6. The third-order valence-electron chi connectivity index (χ3n) is 5.26. The molecule has 1 fully saturated rings. The number of hydrogen-bond donors (Lipinski definition) is 1. The van der Waals surface area contributed by atoms with Gasteiger partial charge in [0.25, 0.3) is 0 Å². The van der Waals surface area contributed by atoms with Gasteiger partial charge in [0.1, 0.15) is 5.82 Å². The van der Waals surface area contributed by atoms with Crippen molar-refractivity contribution in [2.45, 2.75) is 27.2 Å². The second-order valence-electron chi connectivity index (χ2n) is 7.89. The van der Waals surface area contributed by atoms with E-state index in [0.717, 1.165) is 35.6 Å². The summed E-state index contributed by atoms with van der Waals surface area (Å²) in [5.74, 6) is 0.886. The lowest BCUT2D eigenvalue weighted by Crippen LogP contribution is -2.48. The van der Waals surface area contributed by atoms with Crippen molar-refractivity contribution in [1.29, 1.82) is 0 Å². The number of amides is 2. The van der Waals surface area contributed by atoms with Crippen LogP contribution in [0.1, 0.15) is 31.5 Å². The van der Waals surface area contributed by atoms with Crippen molar-refractivity contribution in [2.24, 2.45) is 9.98 Å². The molecule has 1 saturated heterocycles. The summed E-state index contributed by atoms with van der Waals surface area (Å²) in [4.78, 5) is 44.8. The topological polar surface area (TPSA) is 103 Å². The summed E-state index contributed by atoms with van der Waals surface area (Å²) in [6, 6.07) is 7.40. The summed E-state index contributed by atoms with van der Waals surface area (Å²) in [6.45, 7) is 11.8. The van der Waals surface area contributed by atoms with E-state index >= 15 is 0 Å². The zero-order valence-electron chi connectivity index (χ0n) is 19.3. The van der Waals surface area contributed by atoms with Crippen molar-refractivity contribution in [3.8, 4) is 0 Å². The number of aliphatic imine (C=N–C) groups is 2. The average molecular weight is 448 g/mol. The highest BCUT2D eigenvalue weighted by atomic mass is 16.2. The highest BCUT2D eigenvalue weighted by Gasteiger charge is 2.19. The van der Waals surface area contributed by atoms with Gasteiger partial charge in [0.2, 0.25) is 11.8 Å². The van der Waals surface area contributed by atoms with Gasteiger partial charge in [-0.1, -0.05) is 0 Å². The summed E-state index contributed by atoms with van der Waals surface area (Å²) in [7, 11) is 0. The first-order valence-corrected chi connectivity index (χ1v) is 10.8. The van der Waals surface area contributed by atoms with Crippen LogP contribution in [0.4, 0.5) is 11.5 Å². The molecule has 0 spiro atoms. The molecule has 3 heterocycles. The molecule has 0 radical (unpaired) electrons. The van der Waals surface area contributed by atoms with Crippen LogP contribution in [0, 0.1) is 6.92 Å². The largest absolute Gasteiger partial charge is 0.367 e. The molecule has 0 unspecified atom stereocenters. The second-order valence-corrected chi connectivity index (χ2v) is 7.89. The van der Waals surface area contributed by atoms with Crippen LogP contribution in [-0.4, -0.2) is 65.4 Å². The summed E-state index contributed by atoms with van der Waals surface area (Å²) >= 11 is 0. The van der Waals surface area contributed by atoms with E-state index in [0.29, 0.717) is 24.7 Å². The van der Waals surface area contributed by atoms with E-state index < -0.39 is 0 Å². The predicted molar refractivity (Wildman–Crippen MR) is 131 cm³/mol. The van der Waals surface area contributed by atoms with Crippen molar-refractivity contribution in [1.82, 2.24) is 14.9 Å². The van der Waals surface area contributed by atoms with Gasteiger partial charge in [-0.25, -0.2) is 15.0 Å². The minimum absolute atomic E-state index is 0.102. The Labute approximate surface area is 194 Å². The number of piperazine rings is 1. The third-order valence-corrected chi connectivity index (χ3v) is 5.26. The fourth-order valence-corrected chi connectivity index (χ4v) is 3.48. The molecular weight excluding hydrogens is 418 g/mol. The van der Waals surface area contributed by atoms with Crippen molar-refractivity contribution < 1.29 is 9.59 Å². The number of aryl methyl sites for hydroxylation is 1. The molecule has 9 heteroatoms. The molecule has 33 heavy (non-hydrogen) atoms. The number of carbonyl (C=O) groups excluding carboxylic acids is 2. The Bertz CT molecular complexity index is 1070. The maximum Gasteiger partial charge on any atom is 0.229 e. The molecule has 1 aliphatic rings. The monoisotopic (exact) mass is 447 g/mol. The van der Waals surface area contributed by atoms with Crippen LogP contribution in [0.5, 0.6) is 0 Å². The van der Waals surface area contributed by atoms with Gasteiger partial charge in [-0.15, -0.1) is 0 Å². The highest BCUT2D eigenvalue weighted by Crippen LogP contribution is 2.18. The van der Waals surface area contributed by atoms with E-state index in [2.05, 4.69) is 36.9 Å². The van der Waals surface area contributed by atoms with Crippen molar-refractivity contribution in [3.05, 3.63) is 59.7 Å². The van der Waals surface area contributed by atoms with Gasteiger partial charge in [0.15, 0.2) is 5.84 Å². The van der Waals surface area contributed by atoms with Crippen molar-refractivity contribution in [3.63, 3.8) is 0 Å². The molecule has 1 N–H and O–H groups in total. The van der Waals surface area contributed by atoms with Crippen molar-refractivity contribution in [2.75, 3.05) is 36.4 Å². The highest BCUT2D eigenvalue weighted by molar-refractivity contribution is 6.01. The summed E-state index contributed by atoms with van der Waals surface area (Å²) < 4.78 is 0. The number of carbonyl (C=O) groups is 2. The Morgan fingerprint density at radius 1 is 1.15 bits per heavy atom. The Kier molecular flexibility index (Phi) is 8.01. The van der Waals surface area contributed by atoms with Gasteiger partial charge in [-0.2, -0.15) is 0 Å². The maximum absolute atomic E-state index is 12.4. The standard InChI is InChI=1S/C24H29N7O2/c1-17(15-28-24(25-4)20-7-8-26-18(2)14-20)13-23(33)29-22-6-5-21(16-27-22)31-11-9-30(10-12-31)19(3)32/h5-8,14-16H,4,9-13H2,1-3H3,(H,27,29,33)/b17-15+,28-24?. The fourth-order valence-electron chi connectivity index (χ4n) is 3.48. The number of aromatic nitrogens is 2. The average Bonchev–Trinajstić information content (AvgIpc) is 2.80. The molecular formula is C24H29N7O2. The van der Waals surface area contributed by atoms with Gasteiger partial charge in [0, 0.05) is 63.2 Å². The molecule has 172 valence electrons. The molecule has 3 rings (SSSR count). The molecule has 0 saturated carbocycles. The van der Waals surface area contributed by atoms with Gasteiger partial charge in [-0.3, -0.25) is 14.6 Å². The zero-order valence-corrected chi connectivity index (χ0v) is 19.3. The van der Waals surface area contributed by atoms with Gasteiger partial charge in [0.05, 0.1) is 11.9 Å². The third kappa shape index (κ3) is 6.80. The van der Waals surface area contributed by atoms with Gasteiger partial charge in [-0.05, 0) is 50.4 Å². The molecule has 2 aromatic heterocycles. The number of pyridine rings is 2. The number of amidine groups is 1. The lowest BCUT2D eigenvalue weighted by Gasteiger charge is -2.35. The van der Waals surface area contributed by atoms with Crippen molar-refractivity contribution >= 4 is 35.9 Å². The van der Waals surface area contributed by atoms with Crippen LogP contribution in [0.25, 0.3) is 0 Å². The Morgan fingerprint density at radius 2 is 1.91 bits per heavy atom. The van der Waals surface area contributed by atoms with E-state index in [1.165, 1.54) is 0 Å². The molecule has 9 nitrogen and oxygen atoms in total. The molecule has 0 aliphatic carbocycles. The predicted octanol–water partition coefficient (Wildman–Crippen LogP) is 2.83. The first-order valence-electron chi connectivity index (χ1n) is 10.8. The number of nitrogens with one attached hydrogen (secondary N) is 1. The van der Waals surface area contributed by atoms with Gasteiger partial charge >= 0.3 is 0 Å². The normalized spacial score (nSPS) is 14.8. The Hall–Kier alpha value is -3.88. The van der Waals surface area contributed by atoms with Gasteiger partial charge < -0.3 is 15.1 Å². The fraction of sp³-hybridized carbons (Fsp3) is 0.333. The summed E-state index contributed by atoms with van der Waals surface area (Å²) in [5.41, 5.74) is 3.43. The SMILES string of the molecule is C=NC(=N/C=C(\C)CC(=O)Nc1ccc(N2CCN(C(C)=O)CC2)cn1)c1ccnc(C)c1. The number of nitrogens with zero attached hydrogens (tertiary/aromatic N) is 6. The van der Waals surface area contributed by atoms with E-state index in [4.69, 9.17) is 0 Å². The molecule has 0 bridgehead atoms. The summed E-state index contributed by atoms with van der Waals surface area (Å²) in [6.07, 6.45) is 5.24.